The minimum absolute atomic E-state index is 0.463. The highest BCUT2D eigenvalue weighted by atomic mass is 16.5. The molecule has 6 atom stereocenters. The Hall–Kier alpha value is -0.280. The van der Waals surface area contributed by atoms with E-state index in [9.17, 15) is 0 Å². The summed E-state index contributed by atoms with van der Waals surface area (Å²) in [6.07, 6.45) is 17.8. The second kappa shape index (κ2) is 33.3. The van der Waals surface area contributed by atoms with Gasteiger partial charge in [-0.15, -0.1) is 0 Å². The first-order chi connectivity index (χ1) is 28.4. The molecule has 2 saturated carbocycles. The minimum atomic E-state index is 0.463. The van der Waals surface area contributed by atoms with Gasteiger partial charge in [-0.2, -0.15) is 0 Å². The van der Waals surface area contributed by atoms with Crippen molar-refractivity contribution in [3.63, 3.8) is 0 Å². The summed E-state index contributed by atoms with van der Waals surface area (Å²) >= 11 is 0. The van der Waals surface area contributed by atoms with E-state index in [2.05, 4.69) is 93.7 Å². The molecule has 356 valence electrons. The lowest BCUT2D eigenvalue weighted by atomic mass is 9.71. The van der Waals surface area contributed by atoms with Crippen molar-refractivity contribution in [2.24, 2.45) is 17.8 Å². The largest absolute Gasteiger partial charge is 0.372 e. The number of nitrogens with zero attached hydrogens (tertiary/aromatic N) is 5. The van der Waals surface area contributed by atoms with Crippen molar-refractivity contribution in [3.05, 3.63) is 0 Å². The molecule has 0 radical (unpaired) electrons. The number of hydrogen-bond donors (Lipinski definition) is 0. The average Bonchev–Trinajstić information content (AvgIpc) is 4.10. The molecule has 0 amide bonds. The van der Waals surface area contributed by atoms with Crippen LogP contribution in [0.5, 0.6) is 0 Å². The van der Waals surface area contributed by atoms with Crippen LogP contribution in [0.4, 0.5) is 0 Å². The molecule has 0 spiro atoms. The molecule has 9 heterocycles. The first-order valence-corrected chi connectivity index (χ1v) is 26.4. The van der Waals surface area contributed by atoms with Crippen LogP contribution in [-0.2, 0) is 9.47 Å². The summed E-state index contributed by atoms with van der Waals surface area (Å²) in [6, 6.07) is 4.67. The molecule has 11 aliphatic rings. The fraction of sp³-hybridized carbons (Fsp3) is 1.00. The second-order valence-electron chi connectivity index (χ2n) is 18.8. The highest BCUT2D eigenvalue weighted by molar-refractivity contribution is 4.94. The summed E-state index contributed by atoms with van der Waals surface area (Å²) < 4.78 is 11.2. The van der Waals surface area contributed by atoms with Crippen LogP contribution in [0.25, 0.3) is 0 Å². The molecule has 9 aliphatic heterocycles. The van der Waals surface area contributed by atoms with Gasteiger partial charge in [0.1, 0.15) is 6.23 Å². The third-order valence-corrected chi connectivity index (χ3v) is 13.3. The number of piperidine rings is 6. The average molecular weight is 838 g/mol. The van der Waals surface area contributed by atoms with Crippen molar-refractivity contribution in [3.8, 4) is 0 Å². The number of morpholine rings is 1. The van der Waals surface area contributed by atoms with Gasteiger partial charge in [-0.25, -0.2) is 0 Å². The van der Waals surface area contributed by atoms with E-state index in [4.69, 9.17) is 9.47 Å². The molecule has 7 heteroatoms. The van der Waals surface area contributed by atoms with Gasteiger partial charge < -0.3 is 19.3 Å². The predicted octanol–water partition coefficient (Wildman–Crippen LogP) is 12.7. The van der Waals surface area contributed by atoms with Crippen molar-refractivity contribution in [1.82, 2.24) is 24.5 Å². The first-order valence-electron chi connectivity index (χ1n) is 26.4. The van der Waals surface area contributed by atoms with Crippen molar-refractivity contribution in [1.29, 1.82) is 0 Å². The summed E-state index contributed by atoms with van der Waals surface area (Å²) in [5.74, 6) is 3.20. The van der Waals surface area contributed by atoms with Crippen molar-refractivity contribution in [2.75, 3.05) is 52.4 Å². The van der Waals surface area contributed by atoms with E-state index in [0.717, 1.165) is 55.0 Å². The van der Waals surface area contributed by atoms with Gasteiger partial charge in [0, 0.05) is 81.9 Å². The van der Waals surface area contributed by atoms with Gasteiger partial charge in [0.15, 0.2) is 0 Å². The summed E-state index contributed by atoms with van der Waals surface area (Å²) in [6.45, 7) is 53.1. The molecule has 11 fully saturated rings. The normalized spacial score (nSPS) is 31.1. The summed E-state index contributed by atoms with van der Waals surface area (Å²) in [5.41, 5.74) is 0. The van der Waals surface area contributed by atoms with E-state index >= 15 is 0 Å². The second-order valence-corrected chi connectivity index (χ2v) is 18.8. The third kappa shape index (κ3) is 20.4. The third-order valence-electron chi connectivity index (χ3n) is 13.3. The van der Waals surface area contributed by atoms with E-state index < -0.39 is 0 Å². The number of hydrogen-bond acceptors (Lipinski definition) is 7. The minimum Gasteiger partial charge on any atom is -0.372 e. The SMILES string of the molecule is CC.CC.CC.CC.CC.CC(C)N1CC2CC(C1)O2.CC(C)N1CC2CC(C2)C1.CC(C)N1CC2CCC1C2.CC(C)N1CC2CCC1O2.CC(C)N1CCCCC1. The Kier molecular flexibility index (Phi) is 33.1. The standard InChI is InChI=1S/2C9H17N.2C8H15NO.C8H17N.5C2H6/c1-7(2)10-5-8-3-9(4-8)6-10;1-7(2)10-6-8-3-4-9(10)5-8;1-6(2)9-4-7-3-8(5-9)10-7;1-6(2)9-5-7-3-4-8(9)10-7;1-8(2)9-6-4-3-5-7-9;5*1-2/h2*7-9H,3-6H2,1-2H3;2*6-8H,3-5H2,1-2H3;8H,3-7H2,1-2H3;5*1-2H3. The zero-order chi connectivity index (χ0) is 45.2. The molecule has 0 aromatic carbocycles. The van der Waals surface area contributed by atoms with Crippen molar-refractivity contribution >= 4 is 0 Å². The van der Waals surface area contributed by atoms with Gasteiger partial charge in [0.05, 0.1) is 18.3 Å². The number of ether oxygens (including phenoxy) is 2. The van der Waals surface area contributed by atoms with Gasteiger partial charge in [0.2, 0.25) is 0 Å². The van der Waals surface area contributed by atoms with Crippen LogP contribution in [0.2, 0.25) is 0 Å². The number of fused-ring (bicyclic) bond motifs is 8. The Labute approximate surface area is 372 Å². The predicted molar refractivity (Wildman–Crippen MR) is 263 cm³/mol. The molecule has 8 bridgehead atoms. The van der Waals surface area contributed by atoms with E-state index in [-0.39, 0.29) is 0 Å². The van der Waals surface area contributed by atoms with E-state index in [0.29, 0.717) is 36.6 Å². The van der Waals surface area contributed by atoms with Crippen LogP contribution >= 0.6 is 0 Å². The van der Waals surface area contributed by atoms with Gasteiger partial charge in [-0.3, -0.25) is 14.7 Å². The van der Waals surface area contributed by atoms with Crippen LogP contribution in [-0.4, -0.2) is 138 Å². The van der Waals surface area contributed by atoms with Gasteiger partial charge in [-0.1, -0.05) is 75.7 Å². The van der Waals surface area contributed by atoms with Gasteiger partial charge >= 0.3 is 0 Å². The lowest BCUT2D eigenvalue weighted by molar-refractivity contribution is -0.185. The highest BCUT2D eigenvalue weighted by Crippen LogP contribution is 2.40. The molecule has 0 N–H and O–H groups in total. The molecular weight excluding hydrogens is 727 g/mol. The Balaban J connectivity index is 0.000000676. The van der Waals surface area contributed by atoms with E-state index in [1.165, 1.54) is 110 Å². The molecule has 0 aromatic heterocycles. The zero-order valence-corrected chi connectivity index (χ0v) is 44.0. The zero-order valence-electron chi connectivity index (χ0n) is 44.0. The smallest absolute Gasteiger partial charge is 0.111 e. The van der Waals surface area contributed by atoms with Crippen molar-refractivity contribution < 1.29 is 9.47 Å². The van der Waals surface area contributed by atoms with E-state index in [1.807, 2.05) is 69.2 Å². The quantitative estimate of drug-likeness (QED) is 0.273. The lowest BCUT2D eigenvalue weighted by Gasteiger charge is -2.48. The van der Waals surface area contributed by atoms with Gasteiger partial charge in [-0.05, 0) is 158 Å². The number of rotatable bonds is 5. The number of likely N-dealkylation sites (tertiary alicyclic amines) is 3. The lowest BCUT2D eigenvalue weighted by Crippen LogP contribution is -2.58. The Morgan fingerprint density at radius 2 is 0.814 bits per heavy atom. The maximum Gasteiger partial charge on any atom is 0.111 e. The van der Waals surface area contributed by atoms with Crippen LogP contribution in [0.3, 0.4) is 0 Å². The Bertz CT molecular complexity index is 859. The van der Waals surface area contributed by atoms with Crippen LogP contribution in [0.1, 0.15) is 209 Å². The summed E-state index contributed by atoms with van der Waals surface area (Å²) in [5, 5.41) is 0. The molecule has 9 saturated heterocycles. The molecule has 6 unspecified atom stereocenters. The summed E-state index contributed by atoms with van der Waals surface area (Å²) in [4.78, 5) is 12.8. The molecule has 7 nitrogen and oxygen atoms in total. The molecular formula is C52H111N5O2. The Morgan fingerprint density at radius 3 is 1.07 bits per heavy atom. The topological polar surface area (TPSA) is 34.7 Å². The summed E-state index contributed by atoms with van der Waals surface area (Å²) in [7, 11) is 0. The van der Waals surface area contributed by atoms with E-state index in [1.54, 1.807) is 0 Å². The van der Waals surface area contributed by atoms with Gasteiger partial charge in [0.25, 0.3) is 0 Å². The van der Waals surface area contributed by atoms with Crippen molar-refractivity contribution in [2.45, 2.75) is 270 Å². The maximum atomic E-state index is 5.67. The monoisotopic (exact) mass is 838 g/mol. The van der Waals surface area contributed by atoms with Crippen LogP contribution < -0.4 is 0 Å². The Morgan fingerprint density at radius 1 is 0.356 bits per heavy atom. The molecule has 59 heavy (non-hydrogen) atoms. The fourth-order valence-electron chi connectivity index (χ4n) is 10.1. The fourth-order valence-corrected chi connectivity index (χ4v) is 10.1. The maximum absolute atomic E-state index is 5.67. The first kappa shape index (κ1) is 58.7. The van der Waals surface area contributed by atoms with Crippen LogP contribution in [0, 0.1) is 17.8 Å². The van der Waals surface area contributed by atoms with Crippen LogP contribution in [0.15, 0.2) is 0 Å². The molecule has 11 rings (SSSR count). The highest BCUT2D eigenvalue weighted by Gasteiger charge is 2.41. The molecule has 0 aromatic rings. The molecule has 2 aliphatic carbocycles.